The summed E-state index contributed by atoms with van der Waals surface area (Å²) in [6.07, 6.45) is 3.59. The Bertz CT molecular complexity index is 276. The van der Waals surface area contributed by atoms with Crippen molar-refractivity contribution in [2.45, 2.75) is 25.3 Å². The monoisotopic (exact) mass is 276 g/mol. The zero-order valence-corrected chi connectivity index (χ0v) is 11.5. The first-order valence-corrected chi connectivity index (χ1v) is 6.56. The van der Waals surface area contributed by atoms with E-state index in [2.05, 4.69) is 14.2 Å². The van der Waals surface area contributed by atoms with E-state index in [1.165, 1.54) is 12.8 Å². The Balaban J connectivity index is 0.000000187. The number of carbonyl (C=O) groups is 2. The van der Waals surface area contributed by atoms with Crippen molar-refractivity contribution >= 4 is 21.8 Å². The van der Waals surface area contributed by atoms with Crippen LogP contribution in [0.5, 0.6) is 0 Å². The number of piperidine rings is 1. The fraction of sp³-hybridized carbons (Fsp3) is 0.800. The number of urea groups is 1. The fourth-order valence-corrected chi connectivity index (χ4v) is 2.33. The number of carbonyl (C=O) groups excluding carboxylic acids is 2. The lowest BCUT2D eigenvalue weighted by atomic mass is 10.1. The molecule has 0 aromatic carbocycles. The highest BCUT2D eigenvalue weighted by Crippen LogP contribution is 2.27. The Morgan fingerprint density at radius 2 is 2.39 bits per heavy atom. The first-order chi connectivity index (χ1) is 8.70. The molecule has 3 N–H and O–H groups in total. The Morgan fingerprint density at radius 1 is 1.61 bits per heavy atom. The van der Waals surface area contributed by atoms with Crippen LogP contribution in [-0.4, -0.2) is 54.3 Å². The van der Waals surface area contributed by atoms with Crippen molar-refractivity contribution in [3.8, 4) is 0 Å². The predicted molar refractivity (Wildman–Crippen MR) is 70.4 cm³/mol. The van der Waals surface area contributed by atoms with E-state index in [0.29, 0.717) is 25.6 Å². The van der Waals surface area contributed by atoms with E-state index >= 15 is 0 Å². The van der Waals surface area contributed by atoms with Crippen molar-refractivity contribution in [3.05, 3.63) is 0 Å². The van der Waals surface area contributed by atoms with Gasteiger partial charge in [0.15, 0.2) is 0 Å². The number of nitrogens with zero attached hydrogens (tertiary/aromatic N) is 2. The number of amides is 3. The molecule has 0 aromatic heterocycles. The van der Waals surface area contributed by atoms with E-state index in [-0.39, 0.29) is 6.03 Å². The third-order valence-corrected chi connectivity index (χ3v) is 3.51. The van der Waals surface area contributed by atoms with E-state index in [9.17, 15) is 9.59 Å². The van der Waals surface area contributed by atoms with Crippen LogP contribution in [0.25, 0.3) is 0 Å². The van der Waals surface area contributed by atoms with E-state index in [1.807, 2.05) is 10.4 Å². The maximum atomic E-state index is 11.2. The standard InChI is InChI=1S/C6H11N2OP.C4H10N2O2/c9-6-7-3-1-2-5(4-7)8(6)10;5-2-1-3-8-6-4-7/h5H,1-4,10H2;4H,1-3,5H2,(H,6,7). The Morgan fingerprint density at radius 3 is 2.94 bits per heavy atom. The van der Waals surface area contributed by atoms with Crippen LogP contribution in [0.2, 0.25) is 0 Å². The summed E-state index contributed by atoms with van der Waals surface area (Å²) in [5.74, 6) is 0. The second-order valence-corrected chi connectivity index (χ2v) is 4.71. The van der Waals surface area contributed by atoms with Gasteiger partial charge in [-0.2, -0.15) is 0 Å². The average molecular weight is 276 g/mol. The van der Waals surface area contributed by atoms with Crippen LogP contribution in [-0.2, 0) is 9.63 Å². The van der Waals surface area contributed by atoms with E-state index < -0.39 is 0 Å². The van der Waals surface area contributed by atoms with Crippen molar-refractivity contribution in [1.82, 2.24) is 15.1 Å². The van der Waals surface area contributed by atoms with Crippen molar-refractivity contribution in [3.63, 3.8) is 0 Å². The number of hydrogen-bond donors (Lipinski definition) is 2. The second-order valence-electron chi connectivity index (χ2n) is 4.16. The minimum absolute atomic E-state index is 0.188. The van der Waals surface area contributed by atoms with Gasteiger partial charge in [0.05, 0.1) is 12.6 Å². The maximum absolute atomic E-state index is 11.2. The molecule has 0 aliphatic carbocycles. The van der Waals surface area contributed by atoms with Crippen LogP contribution in [0.3, 0.4) is 0 Å². The second kappa shape index (κ2) is 8.24. The molecule has 0 radical (unpaired) electrons. The summed E-state index contributed by atoms with van der Waals surface area (Å²) in [4.78, 5) is 27.2. The molecule has 2 fully saturated rings. The Labute approximate surface area is 109 Å². The van der Waals surface area contributed by atoms with Gasteiger partial charge in [-0.25, -0.2) is 10.3 Å². The van der Waals surface area contributed by atoms with Gasteiger partial charge in [-0.3, -0.25) is 9.63 Å². The summed E-state index contributed by atoms with van der Waals surface area (Å²) in [7, 11) is 2.50. The predicted octanol–water partition coefficient (Wildman–Crippen LogP) is -0.311. The topological polar surface area (TPSA) is 87.9 Å². The van der Waals surface area contributed by atoms with Crippen LogP contribution in [0, 0.1) is 0 Å². The van der Waals surface area contributed by atoms with Gasteiger partial charge in [0.1, 0.15) is 0 Å². The molecule has 2 rings (SSSR count). The van der Waals surface area contributed by atoms with Crippen LogP contribution < -0.4 is 11.2 Å². The first kappa shape index (κ1) is 15.1. The molecule has 104 valence electrons. The number of nitrogens with two attached hydrogens (primary N) is 1. The van der Waals surface area contributed by atoms with Gasteiger partial charge in [0, 0.05) is 13.1 Å². The van der Waals surface area contributed by atoms with Crippen LogP contribution in [0.15, 0.2) is 0 Å². The quantitative estimate of drug-likeness (QED) is 0.312. The van der Waals surface area contributed by atoms with Gasteiger partial charge in [0.25, 0.3) is 0 Å². The van der Waals surface area contributed by atoms with Gasteiger partial charge in [-0.05, 0) is 35.2 Å². The number of hydroxylamine groups is 1. The SMILES string of the molecule is NCCCONC=O.O=C1N2CCCC(C2)N1P. The van der Waals surface area contributed by atoms with Gasteiger partial charge in [-0.1, -0.05) is 0 Å². The van der Waals surface area contributed by atoms with Crippen molar-refractivity contribution in [2.24, 2.45) is 5.73 Å². The van der Waals surface area contributed by atoms with Crippen molar-refractivity contribution in [1.29, 1.82) is 0 Å². The van der Waals surface area contributed by atoms with E-state index in [0.717, 1.165) is 19.5 Å². The fourth-order valence-electron chi connectivity index (χ4n) is 1.92. The molecule has 18 heavy (non-hydrogen) atoms. The zero-order chi connectivity index (χ0) is 13.4. The third-order valence-electron chi connectivity index (χ3n) is 2.86. The number of fused-ring (bicyclic) bond motifs is 2. The average Bonchev–Trinajstić information content (AvgIpc) is 2.60. The molecule has 2 aliphatic heterocycles. The highest BCUT2D eigenvalue weighted by Gasteiger charge is 2.37. The van der Waals surface area contributed by atoms with Crippen molar-refractivity contribution in [2.75, 3.05) is 26.2 Å². The van der Waals surface area contributed by atoms with Gasteiger partial charge in [-0.15, -0.1) is 0 Å². The lowest BCUT2D eigenvalue weighted by molar-refractivity contribution is -0.120. The largest absolute Gasteiger partial charge is 0.330 e. The molecule has 2 saturated heterocycles. The summed E-state index contributed by atoms with van der Waals surface area (Å²) in [6.45, 7) is 2.97. The smallest absolute Gasteiger partial charge is 0.323 e. The summed E-state index contributed by atoms with van der Waals surface area (Å²) in [5.41, 5.74) is 7.16. The number of nitrogens with one attached hydrogen (secondary N) is 1. The molecule has 3 amide bonds. The molecule has 8 heteroatoms. The minimum atomic E-state index is 0.188. The molecular weight excluding hydrogens is 255 g/mol. The molecule has 2 unspecified atom stereocenters. The molecule has 2 aliphatic rings. The lowest BCUT2D eigenvalue weighted by Gasteiger charge is -2.19. The highest BCUT2D eigenvalue weighted by molar-refractivity contribution is 7.14. The van der Waals surface area contributed by atoms with E-state index in [4.69, 9.17) is 5.73 Å². The van der Waals surface area contributed by atoms with E-state index in [1.54, 1.807) is 4.67 Å². The van der Waals surface area contributed by atoms with Gasteiger partial charge >= 0.3 is 6.03 Å². The Hall–Kier alpha value is -0.910. The van der Waals surface area contributed by atoms with Crippen LogP contribution in [0.1, 0.15) is 19.3 Å². The molecule has 0 aromatic rings. The molecule has 2 bridgehead atoms. The van der Waals surface area contributed by atoms with Crippen LogP contribution >= 0.6 is 9.39 Å². The first-order valence-electron chi connectivity index (χ1n) is 6.04. The summed E-state index contributed by atoms with van der Waals surface area (Å²) >= 11 is 0. The minimum Gasteiger partial charge on any atom is -0.330 e. The number of hydrogen-bond acceptors (Lipinski definition) is 4. The summed E-state index contributed by atoms with van der Waals surface area (Å²) in [5, 5.41) is 0. The molecular formula is C10H21N4O3P. The molecule has 2 atom stereocenters. The molecule has 2 heterocycles. The van der Waals surface area contributed by atoms with Crippen molar-refractivity contribution < 1.29 is 14.4 Å². The zero-order valence-electron chi connectivity index (χ0n) is 10.4. The summed E-state index contributed by atoms with van der Waals surface area (Å²) in [6, 6.07) is 0.666. The van der Waals surface area contributed by atoms with Gasteiger partial charge in [0.2, 0.25) is 6.41 Å². The molecule has 0 spiro atoms. The normalized spacial score (nSPS) is 21.4. The molecule has 7 nitrogen and oxygen atoms in total. The summed E-state index contributed by atoms with van der Waals surface area (Å²) < 4.78 is 1.78. The number of rotatable bonds is 5. The van der Waals surface area contributed by atoms with Gasteiger partial charge < -0.3 is 15.3 Å². The highest BCUT2D eigenvalue weighted by atomic mass is 31.0. The van der Waals surface area contributed by atoms with Crippen LogP contribution in [0.4, 0.5) is 4.79 Å². The lowest BCUT2D eigenvalue weighted by Crippen LogP contribution is -2.30. The molecule has 0 saturated carbocycles. The Kier molecular flexibility index (Phi) is 6.93. The third kappa shape index (κ3) is 4.40. The maximum Gasteiger partial charge on any atom is 0.323 e.